The Morgan fingerprint density at radius 2 is 2.00 bits per heavy atom. The predicted octanol–water partition coefficient (Wildman–Crippen LogP) is 2.88. The molecule has 0 saturated heterocycles. The minimum absolute atomic E-state index is 0.227. The molecular formula is C17H13FN4O. The summed E-state index contributed by atoms with van der Waals surface area (Å²) in [6.45, 7) is 0. The molecule has 1 heterocycles. The predicted molar refractivity (Wildman–Crippen MR) is 81.8 cm³/mol. The molecule has 0 aliphatic carbocycles. The van der Waals surface area contributed by atoms with Gasteiger partial charge in [-0.15, -0.1) is 5.10 Å². The lowest BCUT2D eigenvalue weighted by Crippen LogP contribution is -2.04. The van der Waals surface area contributed by atoms with Gasteiger partial charge in [-0.3, -0.25) is 0 Å². The monoisotopic (exact) mass is 308 g/mol. The number of nitriles is 1. The molecule has 0 amide bonds. The number of hydrogen-bond acceptors (Lipinski definition) is 4. The summed E-state index contributed by atoms with van der Waals surface area (Å²) in [6, 6.07) is 15.6. The van der Waals surface area contributed by atoms with Gasteiger partial charge in [-0.25, -0.2) is 9.07 Å². The van der Waals surface area contributed by atoms with Gasteiger partial charge in [0.15, 0.2) is 5.69 Å². The summed E-state index contributed by atoms with van der Waals surface area (Å²) in [7, 11) is 1.60. The number of halogens is 1. The van der Waals surface area contributed by atoms with Gasteiger partial charge in [-0.1, -0.05) is 23.4 Å². The highest BCUT2D eigenvalue weighted by Gasteiger charge is 2.15. The second kappa shape index (κ2) is 6.28. The minimum atomic E-state index is -0.369. The molecule has 1 aromatic heterocycles. The van der Waals surface area contributed by atoms with Gasteiger partial charge >= 0.3 is 0 Å². The summed E-state index contributed by atoms with van der Waals surface area (Å²) < 4.78 is 20.1. The molecule has 0 aliphatic heterocycles. The summed E-state index contributed by atoms with van der Waals surface area (Å²) in [4.78, 5) is 0. The third-order valence-corrected chi connectivity index (χ3v) is 3.45. The summed E-state index contributed by atoms with van der Waals surface area (Å²) in [5, 5.41) is 17.1. The number of rotatable bonds is 4. The Kier molecular flexibility index (Phi) is 4.02. The van der Waals surface area contributed by atoms with Gasteiger partial charge in [0.25, 0.3) is 0 Å². The topological polar surface area (TPSA) is 63.7 Å². The van der Waals surface area contributed by atoms with Gasteiger partial charge in [0.2, 0.25) is 0 Å². The van der Waals surface area contributed by atoms with Crippen molar-refractivity contribution in [2.75, 3.05) is 7.11 Å². The lowest BCUT2D eigenvalue weighted by Gasteiger charge is -2.07. The third kappa shape index (κ3) is 3.04. The van der Waals surface area contributed by atoms with Crippen molar-refractivity contribution >= 4 is 0 Å². The van der Waals surface area contributed by atoms with Gasteiger partial charge in [-0.05, 0) is 35.9 Å². The second-order valence-electron chi connectivity index (χ2n) is 4.91. The zero-order valence-electron chi connectivity index (χ0n) is 12.4. The molecule has 3 rings (SSSR count). The van der Waals surface area contributed by atoms with Gasteiger partial charge in [0, 0.05) is 6.42 Å². The number of aromatic nitrogens is 3. The summed E-state index contributed by atoms with van der Waals surface area (Å²) in [5.74, 6) is 0.387. The number of ether oxygens (including phenoxy) is 1. The van der Waals surface area contributed by atoms with E-state index in [1.807, 2.05) is 30.3 Å². The van der Waals surface area contributed by atoms with Crippen LogP contribution >= 0.6 is 0 Å². The van der Waals surface area contributed by atoms with Crippen LogP contribution in [0.15, 0.2) is 48.5 Å². The highest BCUT2D eigenvalue weighted by molar-refractivity contribution is 5.39. The standard InChI is InChI=1S/C17H13FN4O/c1-23-15-7-5-12(6-8-15)9-17-16(11-19)20-21-22(17)14-4-2-3-13(18)10-14/h2-8,10H,9H2,1H3. The van der Waals surface area contributed by atoms with Gasteiger partial charge in [-0.2, -0.15) is 5.26 Å². The summed E-state index contributed by atoms with van der Waals surface area (Å²) >= 11 is 0. The van der Waals surface area contributed by atoms with E-state index < -0.39 is 0 Å². The molecule has 0 fully saturated rings. The lowest BCUT2D eigenvalue weighted by atomic mass is 10.1. The van der Waals surface area contributed by atoms with Crippen molar-refractivity contribution in [2.24, 2.45) is 0 Å². The first-order chi connectivity index (χ1) is 11.2. The van der Waals surface area contributed by atoms with Gasteiger partial charge in [0.05, 0.1) is 18.5 Å². The number of methoxy groups -OCH3 is 1. The van der Waals surface area contributed by atoms with Crippen LogP contribution in [-0.4, -0.2) is 22.1 Å². The largest absolute Gasteiger partial charge is 0.497 e. The van der Waals surface area contributed by atoms with Crippen molar-refractivity contribution in [1.82, 2.24) is 15.0 Å². The van der Waals surface area contributed by atoms with Crippen LogP contribution in [0.2, 0.25) is 0 Å². The smallest absolute Gasteiger partial charge is 0.186 e. The van der Waals surface area contributed by atoms with Gasteiger partial charge in [0.1, 0.15) is 17.6 Å². The normalized spacial score (nSPS) is 10.3. The van der Waals surface area contributed by atoms with Crippen LogP contribution < -0.4 is 4.74 Å². The van der Waals surface area contributed by atoms with Crippen molar-refractivity contribution in [1.29, 1.82) is 5.26 Å². The van der Waals surface area contributed by atoms with E-state index in [2.05, 4.69) is 10.3 Å². The quantitative estimate of drug-likeness (QED) is 0.743. The highest BCUT2D eigenvalue weighted by atomic mass is 19.1. The first-order valence-electron chi connectivity index (χ1n) is 6.95. The zero-order chi connectivity index (χ0) is 16.2. The molecule has 3 aromatic rings. The van der Waals surface area contributed by atoms with Crippen molar-refractivity contribution in [3.8, 4) is 17.5 Å². The van der Waals surface area contributed by atoms with Crippen LogP contribution in [0.3, 0.4) is 0 Å². The van der Waals surface area contributed by atoms with Crippen LogP contribution in [0.5, 0.6) is 5.75 Å². The fourth-order valence-corrected chi connectivity index (χ4v) is 2.30. The summed E-state index contributed by atoms with van der Waals surface area (Å²) in [6.07, 6.45) is 0.455. The Balaban J connectivity index is 2.00. The average molecular weight is 308 g/mol. The zero-order valence-corrected chi connectivity index (χ0v) is 12.4. The molecule has 6 heteroatoms. The molecule has 23 heavy (non-hydrogen) atoms. The number of nitrogens with zero attached hydrogens (tertiary/aromatic N) is 4. The van der Waals surface area contributed by atoms with Crippen LogP contribution in [0, 0.1) is 17.1 Å². The van der Waals surface area contributed by atoms with Crippen molar-refractivity contribution in [2.45, 2.75) is 6.42 Å². The van der Waals surface area contributed by atoms with Crippen LogP contribution in [0.4, 0.5) is 4.39 Å². The lowest BCUT2D eigenvalue weighted by molar-refractivity contribution is 0.414. The molecule has 0 aliphatic rings. The second-order valence-corrected chi connectivity index (χ2v) is 4.91. The van der Waals surface area contributed by atoms with E-state index in [9.17, 15) is 9.65 Å². The highest BCUT2D eigenvalue weighted by Crippen LogP contribution is 2.19. The molecule has 0 saturated carbocycles. The SMILES string of the molecule is COc1ccc(Cc2c(C#N)nnn2-c2cccc(F)c2)cc1. The third-order valence-electron chi connectivity index (χ3n) is 3.45. The Morgan fingerprint density at radius 1 is 1.22 bits per heavy atom. The summed E-state index contributed by atoms with van der Waals surface area (Å²) in [5.41, 5.74) is 2.35. The molecule has 0 spiro atoms. The molecule has 0 radical (unpaired) electrons. The van der Waals surface area contributed by atoms with Crippen LogP contribution in [0.1, 0.15) is 17.0 Å². The first kappa shape index (κ1) is 14.7. The molecule has 0 bridgehead atoms. The van der Waals surface area contributed by atoms with Crippen LogP contribution in [0.25, 0.3) is 5.69 Å². The van der Waals surface area contributed by atoms with E-state index in [1.54, 1.807) is 19.2 Å². The number of benzene rings is 2. The Labute approximate surface area is 132 Å². The maximum absolute atomic E-state index is 13.4. The van der Waals surface area contributed by atoms with E-state index in [4.69, 9.17) is 4.74 Å². The number of hydrogen-bond donors (Lipinski definition) is 0. The van der Waals surface area contributed by atoms with Crippen molar-refractivity contribution < 1.29 is 9.13 Å². The maximum Gasteiger partial charge on any atom is 0.186 e. The van der Waals surface area contributed by atoms with E-state index >= 15 is 0 Å². The molecule has 0 unspecified atom stereocenters. The average Bonchev–Trinajstić information content (AvgIpc) is 2.98. The van der Waals surface area contributed by atoms with E-state index in [0.29, 0.717) is 17.8 Å². The molecule has 2 aromatic carbocycles. The van der Waals surface area contributed by atoms with Gasteiger partial charge < -0.3 is 4.74 Å². The minimum Gasteiger partial charge on any atom is -0.497 e. The van der Waals surface area contributed by atoms with Crippen molar-refractivity contribution in [3.63, 3.8) is 0 Å². The molecule has 0 atom stereocenters. The fraction of sp³-hybridized carbons (Fsp3) is 0.118. The van der Waals surface area contributed by atoms with Crippen molar-refractivity contribution in [3.05, 3.63) is 71.3 Å². The first-order valence-corrected chi connectivity index (χ1v) is 6.95. The molecule has 0 N–H and O–H groups in total. The van der Waals surface area contributed by atoms with E-state index in [0.717, 1.165) is 11.3 Å². The fourth-order valence-electron chi connectivity index (χ4n) is 2.30. The Morgan fingerprint density at radius 3 is 2.65 bits per heavy atom. The molecular weight excluding hydrogens is 295 g/mol. The Hall–Kier alpha value is -3.20. The maximum atomic E-state index is 13.4. The Bertz CT molecular complexity index is 865. The van der Waals surface area contributed by atoms with Crippen LogP contribution in [-0.2, 0) is 6.42 Å². The molecule has 114 valence electrons. The van der Waals surface area contributed by atoms with E-state index in [1.165, 1.54) is 16.8 Å². The van der Waals surface area contributed by atoms with E-state index in [-0.39, 0.29) is 11.5 Å². The molecule has 5 nitrogen and oxygen atoms in total.